The molecule has 0 saturated carbocycles. The van der Waals surface area contributed by atoms with E-state index >= 15 is 0 Å². The van der Waals surface area contributed by atoms with Crippen LogP contribution in [0.25, 0.3) is 6.08 Å². The number of hydrogen-bond donors (Lipinski definition) is 1. The average molecular weight is 185 g/mol. The van der Waals surface area contributed by atoms with Gasteiger partial charge in [0.25, 0.3) is 5.91 Å². The number of nitrogens with one attached hydrogen (secondary N) is 1. The Labute approximate surface area is 79.7 Å². The zero-order valence-corrected chi connectivity index (χ0v) is 7.32. The molecule has 0 atom stereocenters. The SMILES string of the molecule is O=C1NCN=c2cc3c(cc21)=CC=N3. The van der Waals surface area contributed by atoms with Crippen molar-refractivity contribution in [1.82, 2.24) is 5.32 Å². The van der Waals surface area contributed by atoms with E-state index in [2.05, 4.69) is 15.3 Å². The van der Waals surface area contributed by atoms with Gasteiger partial charge in [-0.2, -0.15) is 0 Å². The lowest BCUT2D eigenvalue weighted by Gasteiger charge is -2.08. The molecule has 1 aromatic rings. The number of aliphatic imine (C=N–C) groups is 1. The number of hydrogen-bond acceptors (Lipinski definition) is 3. The van der Waals surface area contributed by atoms with E-state index in [0.29, 0.717) is 12.2 Å². The first-order chi connectivity index (χ1) is 6.84. The summed E-state index contributed by atoms with van der Waals surface area (Å²) >= 11 is 0. The van der Waals surface area contributed by atoms with E-state index in [1.54, 1.807) is 6.21 Å². The van der Waals surface area contributed by atoms with E-state index in [9.17, 15) is 4.79 Å². The third kappa shape index (κ3) is 0.907. The largest absolute Gasteiger partial charge is 0.333 e. The number of carbonyl (C=O) groups is 1. The topological polar surface area (TPSA) is 53.8 Å². The van der Waals surface area contributed by atoms with Gasteiger partial charge in [0.1, 0.15) is 6.67 Å². The second kappa shape index (κ2) is 2.51. The molecule has 2 heterocycles. The molecule has 0 unspecified atom stereocenters. The fourth-order valence-corrected chi connectivity index (χ4v) is 1.64. The minimum Gasteiger partial charge on any atom is -0.333 e. The predicted molar refractivity (Wildman–Crippen MR) is 52.2 cm³/mol. The molecule has 0 aromatic heterocycles. The fraction of sp³-hybridized carbons (Fsp3) is 0.100. The summed E-state index contributed by atoms with van der Waals surface area (Å²) < 4.78 is 0. The van der Waals surface area contributed by atoms with Crippen LogP contribution in [0.5, 0.6) is 0 Å². The number of fused-ring (bicyclic) bond motifs is 2. The van der Waals surface area contributed by atoms with Crippen LogP contribution in [-0.2, 0) is 0 Å². The molecule has 1 aromatic carbocycles. The van der Waals surface area contributed by atoms with Crippen molar-refractivity contribution in [2.45, 2.75) is 0 Å². The van der Waals surface area contributed by atoms with E-state index in [4.69, 9.17) is 0 Å². The van der Waals surface area contributed by atoms with Crippen molar-refractivity contribution < 1.29 is 4.79 Å². The molecular formula is C10H7N3O. The van der Waals surface area contributed by atoms with Gasteiger partial charge in [-0.1, -0.05) is 0 Å². The molecule has 0 saturated heterocycles. The van der Waals surface area contributed by atoms with Gasteiger partial charge in [0.05, 0.1) is 16.6 Å². The lowest BCUT2D eigenvalue weighted by Crippen LogP contribution is -2.35. The highest BCUT2D eigenvalue weighted by molar-refractivity contribution is 5.99. The van der Waals surface area contributed by atoms with Crippen LogP contribution in [0.3, 0.4) is 0 Å². The number of rotatable bonds is 0. The molecule has 0 fully saturated rings. The smallest absolute Gasteiger partial charge is 0.254 e. The summed E-state index contributed by atoms with van der Waals surface area (Å²) in [7, 11) is 0. The van der Waals surface area contributed by atoms with Gasteiger partial charge in [-0.15, -0.1) is 0 Å². The predicted octanol–water partition coefficient (Wildman–Crippen LogP) is -0.497. The summed E-state index contributed by atoms with van der Waals surface area (Å²) in [4.78, 5) is 19.8. The highest BCUT2D eigenvalue weighted by Crippen LogP contribution is 2.06. The van der Waals surface area contributed by atoms with Crippen molar-refractivity contribution in [3.63, 3.8) is 0 Å². The molecule has 4 heteroatoms. The summed E-state index contributed by atoms with van der Waals surface area (Å²) in [6.45, 7) is 0.359. The molecule has 68 valence electrons. The van der Waals surface area contributed by atoms with E-state index < -0.39 is 0 Å². The van der Waals surface area contributed by atoms with Crippen molar-refractivity contribution in [3.05, 3.63) is 28.3 Å². The first kappa shape index (κ1) is 7.44. The molecule has 4 nitrogen and oxygen atoms in total. The number of nitrogens with zero attached hydrogens (tertiary/aromatic N) is 2. The zero-order chi connectivity index (χ0) is 9.54. The lowest BCUT2D eigenvalue weighted by atomic mass is 10.1. The van der Waals surface area contributed by atoms with E-state index in [1.165, 1.54) is 0 Å². The molecular weight excluding hydrogens is 178 g/mol. The zero-order valence-electron chi connectivity index (χ0n) is 7.32. The first-order valence-electron chi connectivity index (χ1n) is 4.36. The fourth-order valence-electron chi connectivity index (χ4n) is 1.64. The van der Waals surface area contributed by atoms with Crippen molar-refractivity contribution in [1.29, 1.82) is 0 Å². The number of carbonyl (C=O) groups excluding carboxylic acids is 1. The van der Waals surface area contributed by atoms with Crippen LogP contribution in [0.15, 0.2) is 22.1 Å². The lowest BCUT2D eigenvalue weighted by molar-refractivity contribution is 0.0947. The van der Waals surface area contributed by atoms with Crippen LogP contribution in [0.2, 0.25) is 0 Å². The van der Waals surface area contributed by atoms with Gasteiger partial charge >= 0.3 is 0 Å². The van der Waals surface area contributed by atoms with Crippen LogP contribution in [-0.4, -0.2) is 18.8 Å². The van der Waals surface area contributed by atoms with Crippen molar-refractivity contribution in [2.75, 3.05) is 6.67 Å². The Morgan fingerprint density at radius 3 is 3.21 bits per heavy atom. The summed E-state index contributed by atoms with van der Waals surface area (Å²) in [6.07, 6.45) is 3.62. The highest BCUT2D eigenvalue weighted by atomic mass is 16.1. The number of benzene rings is 1. The summed E-state index contributed by atoms with van der Waals surface area (Å²) in [5, 5.41) is 4.39. The molecule has 14 heavy (non-hydrogen) atoms. The standard InChI is InChI=1S/C10H7N3O/c14-10-7-3-6-1-2-11-8(6)4-9(7)12-5-13-10/h1-4H,5H2,(H,13,14). The molecule has 2 aliphatic heterocycles. The monoisotopic (exact) mass is 185 g/mol. The van der Waals surface area contributed by atoms with E-state index in [0.717, 1.165) is 16.3 Å². The maximum atomic E-state index is 11.5. The molecule has 1 amide bonds. The van der Waals surface area contributed by atoms with Crippen LogP contribution in [0.1, 0.15) is 10.4 Å². The molecule has 2 aliphatic rings. The summed E-state index contributed by atoms with van der Waals surface area (Å²) in [5.74, 6) is -0.0573. The van der Waals surface area contributed by atoms with Crippen molar-refractivity contribution in [2.24, 2.45) is 9.98 Å². The highest BCUT2D eigenvalue weighted by Gasteiger charge is 2.13. The van der Waals surface area contributed by atoms with Crippen LogP contribution >= 0.6 is 0 Å². The average Bonchev–Trinajstić information content (AvgIpc) is 2.62. The second-order valence-corrected chi connectivity index (χ2v) is 3.20. The van der Waals surface area contributed by atoms with Gasteiger partial charge in [-0.3, -0.25) is 14.8 Å². The Hall–Kier alpha value is -1.97. The van der Waals surface area contributed by atoms with Gasteiger partial charge in [0.15, 0.2) is 0 Å². The maximum absolute atomic E-state index is 11.5. The Morgan fingerprint density at radius 1 is 1.36 bits per heavy atom. The minimum absolute atomic E-state index is 0.0573. The van der Waals surface area contributed by atoms with Gasteiger partial charge in [0, 0.05) is 11.4 Å². The maximum Gasteiger partial charge on any atom is 0.254 e. The van der Waals surface area contributed by atoms with Crippen LogP contribution in [0.4, 0.5) is 5.69 Å². The van der Waals surface area contributed by atoms with Crippen LogP contribution in [0, 0.1) is 0 Å². The molecule has 0 radical (unpaired) electrons. The normalized spacial score (nSPS) is 16.4. The summed E-state index contributed by atoms with van der Waals surface area (Å²) in [5.41, 5.74) is 1.53. The Kier molecular flexibility index (Phi) is 1.33. The van der Waals surface area contributed by atoms with Crippen LogP contribution < -0.4 is 15.9 Å². The summed E-state index contributed by atoms with van der Waals surface area (Å²) in [6, 6.07) is 3.68. The quantitative estimate of drug-likeness (QED) is 0.582. The third-order valence-electron chi connectivity index (χ3n) is 2.35. The van der Waals surface area contributed by atoms with Gasteiger partial charge in [-0.25, -0.2) is 0 Å². The molecule has 0 aliphatic carbocycles. The second-order valence-electron chi connectivity index (χ2n) is 3.20. The van der Waals surface area contributed by atoms with Gasteiger partial charge in [0.2, 0.25) is 0 Å². The molecule has 1 N–H and O–H groups in total. The Bertz CT molecular complexity index is 572. The first-order valence-corrected chi connectivity index (χ1v) is 4.36. The Morgan fingerprint density at radius 2 is 2.29 bits per heavy atom. The van der Waals surface area contributed by atoms with E-state index in [-0.39, 0.29) is 5.91 Å². The molecule has 3 rings (SSSR count). The minimum atomic E-state index is -0.0573. The molecule has 0 spiro atoms. The Balaban J connectivity index is 2.41. The van der Waals surface area contributed by atoms with Gasteiger partial charge in [-0.05, 0) is 18.2 Å². The number of amides is 1. The molecule has 0 bridgehead atoms. The van der Waals surface area contributed by atoms with Gasteiger partial charge < -0.3 is 5.32 Å². The third-order valence-corrected chi connectivity index (χ3v) is 2.35. The van der Waals surface area contributed by atoms with Crippen molar-refractivity contribution >= 4 is 23.9 Å². The van der Waals surface area contributed by atoms with E-state index in [1.807, 2.05) is 18.2 Å². The van der Waals surface area contributed by atoms with Crippen molar-refractivity contribution in [3.8, 4) is 0 Å².